The van der Waals surface area contributed by atoms with Crippen molar-refractivity contribution in [2.75, 3.05) is 18.1 Å². The fourth-order valence-electron chi connectivity index (χ4n) is 2.84. The molecule has 0 spiro atoms. The van der Waals surface area contributed by atoms with Crippen molar-refractivity contribution in [1.82, 2.24) is 0 Å². The maximum atomic E-state index is 12.2. The summed E-state index contributed by atoms with van der Waals surface area (Å²) in [5.41, 5.74) is 2.24. The van der Waals surface area contributed by atoms with Crippen LogP contribution in [0.5, 0.6) is 5.75 Å². The summed E-state index contributed by atoms with van der Waals surface area (Å²) < 4.78 is 11.0. The van der Waals surface area contributed by atoms with Crippen LogP contribution < -0.4 is 9.64 Å². The summed E-state index contributed by atoms with van der Waals surface area (Å²) in [5.74, 6) is -0.455. The monoisotopic (exact) mass is 369 g/mol. The Balaban J connectivity index is 1.59. The molecule has 3 rings (SSSR count). The molecule has 0 radical (unpaired) electrons. The lowest BCUT2D eigenvalue weighted by Crippen LogP contribution is -2.26. The predicted octanol–water partition coefficient (Wildman–Crippen LogP) is 4.09. The predicted molar refractivity (Wildman–Crippen MR) is 102 cm³/mol. The highest BCUT2D eigenvalue weighted by Crippen LogP contribution is 2.27. The van der Waals surface area contributed by atoms with E-state index in [4.69, 9.17) is 14.6 Å². The Labute approximate surface area is 158 Å². The Bertz CT molecular complexity index is 821. The number of amides is 1. The van der Waals surface area contributed by atoms with Gasteiger partial charge in [0, 0.05) is 5.69 Å². The third kappa shape index (κ3) is 4.39. The molecule has 0 aliphatic carbocycles. The van der Waals surface area contributed by atoms with E-state index in [-0.39, 0.29) is 23.7 Å². The number of hydrogen-bond acceptors (Lipinski definition) is 4. The van der Waals surface area contributed by atoms with E-state index >= 15 is 0 Å². The van der Waals surface area contributed by atoms with Gasteiger partial charge in [0.05, 0.1) is 12.1 Å². The van der Waals surface area contributed by atoms with E-state index < -0.39 is 12.1 Å². The zero-order valence-electron chi connectivity index (χ0n) is 15.6. The number of rotatable bonds is 5. The third-order valence-electron chi connectivity index (χ3n) is 4.46. The van der Waals surface area contributed by atoms with Gasteiger partial charge in [-0.2, -0.15) is 0 Å². The van der Waals surface area contributed by atoms with E-state index in [2.05, 4.69) is 20.8 Å². The Morgan fingerprint density at radius 1 is 1.15 bits per heavy atom. The van der Waals surface area contributed by atoms with Gasteiger partial charge in [0.1, 0.15) is 12.4 Å². The van der Waals surface area contributed by atoms with Crippen LogP contribution in [0.25, 0.3) is 0 Å². The smallest absolute Gasteiger partial charge is 0.414 e. The molecule has 1 fully saturated rings. The molecule has 1 amide bonds. The van der Waals surface area contributed by atoms with Gasteiger partial charge in [0.15, 0.2) is 6.10 Å². The average Bonchev–Trinajstić information content (AvgIpc) is 3.00. The lowest BCUT2D eigenvalue weighted by Gasteiger charge is -2.20. The molecule has 0 bridgehead atoms. The van der Waals surface area contributed by atoms with Crippen molar-refractivity contribution in [2.24, 2.45) is 0 Å². The van der Waals surface area contributed by atoms with Crippen LogP contribution in [0.2, 0.25) is 0 Å². The first-order valence-corrected chi connectivity index (χ1v) is 8.79. The van der Waals surface area contributed by atoms with Crippen LogP contribution in [0.3, 0.4) is 0 Å². The van der Waals surface area contributed by atoms with Gasteiger partial charge in [0.2, 0.25) is 0 Å². The van der Waals surface area contributed by atoms with Crippen LogP contribution in [0.1, 0.15) is 36.7 Å². The zero-order chi connectivity index (χ0) is 19.6. The van der Waals surface area contributed by atoms with Gasteiger partial charge in [-0.1, -0.05) is 32.9 Å². The highest BCUT2D eigenvalue weighted by molar-refractivity contribution is 5.89. The highest BCUT2D eigenvalue weighted by Gasteiger charge is 2.33. The molecule has 2 aromatic rings. The normalized spacial score (nSPS) is 16.9. The van der Waals surface area contributed by atoms with E-state index in [0.717, 1.165) is 5.69 Å². The van der Waals surface area contributed by atoms with Crippen molar-refractivity contribution < 1.29 is 24.2 Å². The summed E-state index contributed by atoms with van der Waals surface area (Å²) >= 11 is 0. The van der Waals surface area contributed by atoms with E-state index in [9.17, 15) is 9.59 Å². The molecule has 1 aliphatic rings. The molecule has 1 heterocycles. The van der Waals surface area contributed by atoms with Gasteiger partial charge in [-0.3, -0.25) is 4.90 Å². The first-order valence-electron chi connectivity index (χ1n) is 8.79. The summed E-state index contributed by atoms with van der Waals surface area (Å²) in [6.07, 6.45) is -0.785. The highest BCUT2D eigenvalue weighted by atomic mass is 16.6. The molecular formula is C21H23NO5. The standard InChI is InChI=1S/C21H23NO5/c1-21(2,3)15-6-8-16(9-7-15)22-12-18(27-20(22)25)13-26-17-10-4-14(5-11-17)19(23)24/h4-11,18H,12-13H2,1-3H3,(H,23,24). The number of carboxylic acid groups (broad SMARTS) is 1. The molecule has 1 unspecified atom stereocenters. The van der Waals surface area contributed by atoms with Crippen LogP contribution in [0.4, 0.5) is 10.5 Å². The van der Waals surface area contributed by atoms with Gasteiger partial charge in [-0.05, 0) is 47.4 Å². The van der Waals surface area contributed by atoms with Crippen molar-refractivity contribution >= 4 is 17.7 Å². The summed E-state index contributed by atoms with van der Waals surface area (Å²) in [6, 6.07) is 14.0. The number of ether oxygens (including phenoxy) is 2. The van der Waals surface area contributed by atoms with Crippen LogP contribution >= 0.6 is 0 Å². The van der Waals surface area contributed by atoms with E-state index in [1.165, 1.54) is 17.7 Å². The van der Waals surface area contributed by atoms with Crippen LogP contribution in [-0.4, -0.2) is 36.4 Å². The number of carbonyl (C=O) groups excluding carboxylic acids is 1. The minimum atomic E-state index is -0.987. The van der Waals surface area contributed by atoms with Gasteiger partial charge >= 0.3 is 12.1 Å². The molecular weight excluding hydrogens is 346 g/mol. The maximum Gasteiger partial charge on any atom is 0.414 e. The molecule has 1 N–H and O–H groups in total. The minimum Gasteiger partial charge on any atom is -0.490 e. The number of cyclic esters (lactones) is 1. The number of hydrogen-bond donors (Lipinski definition) is 1. The number of carbonyl (C=O) groups is 2. The number of benzene rings is 2. The lowest BCUT2D eigenvalue weighted by molar-refractivity contribution is 0.0696. The summed E-state index contributed by atoms with van der Waals surface area (Å²) in [7, 11) is 0. The van der Waals surface area contributed by atoms with Crippen LogP contribution in [0.15, 0.2) is 48.5 Å². The van der Waals surface area contributed by atoms with Crippen molar-refractivity contribution in [1.29, 1.82) is 0 Å². The molecule has 1 atom stereocenters. The molecule has 0 aromatic heterocycles. The van der Waals surface area contributed by atoms with Gasteiger partial charge in [-0.15, -0.1) is 0 Å². The Morgan fingerprint density at radius 3 is 2.33 bits per heavy atom. The summed E-state index contributed by atoms with van der Waals surface area (Å²) in [5, 5.41) is 8.90. The first-order chi connectivity index (χ1) is 12.7. The van der Waals surface area contributed by atoms with E-state index in [1.54, 1.807) is 17.0 Å². The van der Waals surface area contributed by atoms with Crippen LogP contribution in [0, 0.1) is 0 Å². The summed E-state index contributed by atoms with van der Waals surface area (Å²) in [4.78, 5) is 24.6. The van der Waals surface area contributed by atoms with Crippen LogP contribution in [-0.2, 0) is 10.2 Å². The zero-order valence-corrected chi connectivity index (χ0v) is 15.6. The molecule has 1 aliphatic heterocycles. The Kier molecular flexibility index (Phi) is 5.08. The number of aromatic carboxylic acids is 1. The van der Waals surface area contributed by atoms with Crippen molar-refractivity contribution in [3.63, 3.8) is 0 Å². The fourth-order valence-corrected chi connectivity index (χ4v) is 2.84. The second-order valence-corrected chi connectivity index (χ2v) is 7.55. The van der Waals surface area contributed by atoms with Gasteiger partial charge < -0.3 is 14.6 Å². The molecule has 0 saturated carbocycles. The number of anilines is 1. The molecule has 2 aromatic carbocycles. The maximum absolute atomic E-state index is 12.2. The van der Waals surface area contributed by atoms with Crippen molar-refractivity contribution in [3.05, 3.63) is 59.7 Å². The topological polar surface area (TPSA) is 76.1 Å². The largest absolute Gasteiger partial charge is 0.490 e. The van der Waals surface area contributed by atoms with Gasteiger partial charge in [-0.25, -0.2) is 9.59 Å². The first kappa shape index (κ1) is 18.8. The quantitative estimate of drug-likeness (QED) is 0.859. The minimum absolute atomic E-state index is 0.0522. The van der Waals surface area contributed by atoms with Crippen molar-refractivity contribution in [3.8, 4) is 5.75 Å². The van der Waals surface area contributed by atoms with Crippen molar-refractivity contribution in [2.45, 2.75) is 32.3 Å². The Hall–Kier alpha value is -3.02. The second kappa shape index (κ2) is 7.31. The Morgan fingerprint density at radius 2 is 1.78 bits per heavy atom. The van der Waals surface area contributed by atoms with E-state index in [0.29, 0.717) is 12.3 Å². The third-order valence-corrected chi connectivity index (χ3v) is 4.46. The molecule has 6 nitrogen and oxygen atoms in total. The molecule has 1 saturated heterocycles. The molecule has 142 valence electrons. The summed E-state index contributed by atoms with van der Waals surface area (Å²) in [6.45, 7) is 7.03. The SMILES string of the molecule is CC(C)(C)c1ccc(N2CC(COc3ccc(C(=O)O)cc3)OC2=O)cc1. The average molecular weight is 369 g/mol. The number of nitrogens with zero attached hydrogens (tertiary/aromatic N) is 1. The fraction of sp³-hybridized carbons (Fsp3) is 0.333. The van der Waals surface area contributed by atoms with E-state index in [1.807, 2.05) is 24.3 Å². The lowest BCUT2D eigenvalue weighted by atomic mass is 9.87. The van der Waals surface area contributed by atoms with Gasteiger partial charge in [0.25, 0.3) is 0 Å². The molecule has 27 heavy (non-hydrogen) atoms. The second-order valence-electron chi connectivity index (χ2n) is 7.55. The number of carboxylic acids is 1. The molecule has 6 heteroatoms.